The van der Waals surface area contributed by atoms with Gasteiger partial charge >= 0.3 is 0 Å². The maximum absolute atomic E-state index is 9.50. The van der Waals surface area contributed by atoms with Gasteiger partial charge in [-0.1, -0.05) is 12.1 Å². The fraction of sp³-hybridized carbons (Fsp3) is 0.100. The van der Waals surface area contributed by atoms with Crippen LogP contribution in [0.1, 0.15) is 5.56 Å². The van der Waals surface area contributed by atoms with E-state index in [0.29, 0.717) is 5.95 Å². The molecule has 1 heterocycles. The Morgan fingerprint density at radius 2 is 2.21 bits per heavy atom. The summed E-state index contributed by atoms with van der Waals surface area (Å²) in [5, 5.41) is 9.50. The fourth-order valence-corrected chi connectivity index (χ4v) is 1.26. The second-order valence-electron chi connectivity index (χ2n) is 3.18. The van der Waals surface area contributed by atoms with E-state index >= 15 is 0 Å². The molecule has 0 aliphatic carbocycles. The fourth-order valence-electron chi connectivity index (χ4n) is 1.26. The number of hydrogen-bond donors (Lipinski definition) is 3. The molecule has 0 radical (unpaired) electrons. The van der Waals surface area contributed by atoms with E-state index in [1.807, 2.05) is 19.1 Å². The summed E-state index contributed by atoms with van der Waals surface area (Å²) in [6.45, 7) is 1.85. The molecule has 2 rings (SSSR count). The summed E-state index contributed by atoms with van der Waals surface area (Å²) in [5.41, 5.74) is 7.98. The van der Waals surface area contributed by atoms with Crippen LogP contribution in [-0.4, -0.2) is 15.1 Å². The number of H-pyrrole nitrogens is 1. The molecule has 0 aliphatic rings. The number of phenolic OH excluding ortho intramolecular Hbond substituents is 1. The van der Waals surface area contributed by atoms with Gasteiger partial charge in [0.1, 0.15) is 5.75 Å². The first-order valence-electron chi connectivity index (χ1n) is 4.27. The first-order valence-corrected chi connectivity index (χ1v) is 4.27. The standard InChI is InChI=1S/C10H11N3O/c1-6-2-3-7(4-9(6)14)8-5-12-10(11)13-8/h2-5,14H,1H3,(H3,11,12,13). The van der Waals surface area contributed by atoms with Gasteiger partial charge in [-0.2, -0.15) is 0 Å². The predicted octanol–water partition coefficient (Wildman–Crippen LogP) is 1.67. The van der Waals surface area contributed by atoms with E-state index in [1.54, 1.807) is 12.3 Å². The van der Waals surface area contributed by atoms with Gasteiger partial charge in [0.05, 0.1) is 11.9 Å². The number of aromatic amines is 1. The van der Waals surface area contributed by atoms with Crippen molar-refractivity contribution in [3.05, 3.63) is 30.0 Å². The number of phenols is 1. The lowest BCUT2D eigenvalue weighted by atomic mass is 10.1. The number of nitrogen functional groups attached to an aromatic ring is 1. The lowest BCUT2D eigenvalue weighted by Gasteiger charge is -2.01. The van der Waals surface area contributed by atoms with Crippen LogP contribution in [0.2, 0.25) is 0 Å². The normalized spacial score (nSPS) is 10.4. The quantitative estimate of drug-likeness (QED) is 0.638. The molecule has 0 bridgehead atoms. The van der Waals surface area contributed by atoms with Crippen LogP contribution in [-0.2, 0) is 0 Å². The van der Waals surface area contributed by atoms with E-state index in [9.17, 15) is 5.11 Å². The number of nitrogens with two attached hydrogens (primary N) is 1. The Kier molecular flexibility index (Phi) is 1.89. The van der Waals surface area contributed by atoms with E-state index in [2.05, 4.69) is 9.97 Å². The summed E-state index contributed by atoms with van der Waals surface area (Å²) >= 11 is 0. The second-order valence-corrected chi connectivity index (χ2v) is 3.18. The van der Waals surface area contributed by atoms with Crippen LogP contribution in [0.3, 0.4) is 0 Å². The van der Waals surface area contributed by atoms with Gasteiger partial charge in [-0.05, 0) is 18.6 Å². The van der Waals surface area contributed by atoms with Crippen LogP contribution in [0.25, 0.3) is 11.3 Å². The van der Waals surface area contributed by atoms with E-state index in [4.69, 9.17) is 5.73 Å². The molecule has 1 aromatic carbocycles. The number of nitrogens with one attached hydrogen (secondary N) is 1. The molecule has 0 unspecified atom stereocenters. The molecule has 2 aromatic rings. The van der Waals surface area contributed by atoms with Crippen LogP contribution in [0.4, 0.5) is 5.95 Å². The molecule has 1 aromatic heterocycles. The highest BCUT2D eigenvalue weighted by atomic mass is 16.3. The Hall–Kier alpha value is -1.97. The van der Waals surface area contributed by atoms with Crippen molar-refractivity contribution in [3.8, 4) is 17.0 Å². The molecule has 0 saturated heterocycles. The van der Waals surface area contributed by atoms with Gasteiger partial charge in [0.25, 0.3) is 0 Å². The summed E-state index contributed by atoms with van der Waals surface area (Å²) in [7, 11) is 0. The minimum atomic E-state index is 0.274. The number of imidazole rings is 1. The van der Waals surface area contributed by atoms with Crippen molar-refractivity contribution in [3.63, 3.8) is 0 Å². The highest BCUT2D eigenvalue weighted by molar-refractivity contribution is 5.62. The average Bonchev–Trinajstić information content (AvgIpc) is 2.57. The van der Waals surface area contributed by atoms with Crippen molar-refractivity contribution in [1.82, 2.24) is 9.97 Å². The number of hydrogen-bond acceptors (Lipinski definition) is 3. The molecule has 4 nitrogen and oxygen atoms in total. The van der Waals surface area contributed by atoms with Crippen LogP contribution in [0, 0.1) is 6.92 Å². The number of aromatic nitrogens is 2. The van der Waals surface area contributed by atoms with Gasteiger partial charge in [-0.15, -0.1) is 0 Å². The third-order valence-electron chi connectivity index (χ3n) is 2.12. The van der Waals surface area contributed by atoms with Crippen LogP contribution < -0.4 is 5.73 Å². The highest BCUT2D eigenvalue weighted by Crippen LogP contribution is 2.24. The number of rotatable bonds is 1. The Morgan fingerprint density at radius 3 is 2.79 bits per heavy atom. The van der Waals surface area contributed by atoms with Crippen molar-refractivity contribution in [2.75, 3.05) is 5.73 Å². The lowest BCUT2D eigenvalue weighted by molar-refractivity contribution is 0.471. The SMILES string of the molecule is Cc1ccc(-c2cnc(N)[nH]2)cc1O. The van der Waals surface area contributed by atoms with Crippen molar-refractivity contribution < 1.29 is 5.11 Å². The topological polar surface area (TPSA) is 74.9 Å². The third-order valence-corrected chi connectivity index (χ3v) is 2.12. The second kappa shape index (κ2) is 3.06. The number of aryl methyl sites for hydroxylation is 1. The molecule has 0 atom stereocenters. The van der Waals surface area contributed by atoms with Crippen molar-refractivity contribution in [2.24, 2.45) is 0 Å². The van der Waals surface area contributed by atoms with Crippen molar-refractivity contribution >= 4 is 5.95 Å². The highest BCUT2D eigenvalue weighted by Gasteiger charge is 2.03. The molecule has 0 spiro atoms. The Balaban J connectivity index is 2.47. The van der Waals surface area contributed by atoms with Gasteiger partial charge in [0, 0.05) is 5.56 Å². The number of nitrogens with zero attached hydrogens (tertiary/aromatic N) is 1. The first kappa shape index (κ1) is 8.62. The molecular formula is C10H11N3O. The molecule has 0 fully saturated rings. The molecule has 0 amide bonds. The summed E-state index contributed by atoms with van der Waals surface area (Å²) in [5.74, 6) is 0.649. The molecular weight excluding hydrogens is 178 g/mol. The Morgan fingerprint density at radius 1 is 1.43 bits per heavy atom. The minimum Gasteiger partial charge on any atom is -0.508 e. The third kappa shape index (κ3) is 1.42. The monoisotopic (exact) mass is 189 g/mol. The minimum absolute atomic E-state index is 0.274. The predicted molar refractivity (Wildman–Crippen MR) is 54.8 cm³/mol. The zero-order chi connectivity index (χ0) is 10.1. The average molecular weight is 189 g/mol. The summed E-state index contributed by atoms with van der Waals surface area (Å²) < 4.78 is 0. The molecule has 14 heavy (non-hydrogen) atoms. The van der Waals surface area contributed by atoms with Gasteiger partial charge < -0.3 is 15.8 Å². The first-order chi connectivity index (χ1) is 6.66. The molecule has 4 N–H and O–H groups in total. The van der Waals surface area contributed by atoms with Gasteiger partial charge in [-0.25, -0.2) is 4.98 Å². The molecule has 0 aliphatic heterocycles. The van der Waals surface area contributed by atoms with Gasteiger partial charge in [0.15, 0.2) is 5.95 Å². The summed E-state index contributed by atoms with van der Waals surface area (Å²) in [6.07, 6.45) is 1.64. The summed E-state index contributed by atoms with van der Waals surface area (Å²) in [4.78, 5) is 6.78. The number of aromatic hydroxyl groups is 1. The maximum atomic E-state index is 9.50. The lowest BCUT2D eigenvalue weighted by Crippen LogP contribution is -1.85. The number of benzene rings is 1. The Labute approximate surface area is 81.4 Å². The van der Waals surface area contributed by atoms with Crippen LogP contribution in [0.15, 0.2) is 24.4 Å². The van der Waals surface area contributed by atoms with E-state index in [1.165, 1.54) is 0 Å². The van der Waals surface area contributed by atoms with Crippen molar-refractivity contribution in [2.45, 2.75) is 6.92 Å². The zero-order valence-electron chi connectivity index (χ0n) is 7.78. The molecule has 0 saturated carbocycles. The smallest absolute Gasteiger partial charge is 0.197 e. The van der Waals surface area contributed by atoms with Crippen molar-refractivity contribution in [1.29, 1.82) is 0 Å². The maximum Gasteiger partial charge on any atom is 0.197 e. The zero-order valence-corrected chi connectivity index (χ0v) is 7.78. The van der Waals surface area contributed by atoms with E-state index < -0.39 is 0 Å². The molecule has 72 valence electrons. The molecule has 4 heteroatoms. The van der Waals surface area contributed by atoms with Crippen LogP contribution in [0.5, 0.6) is 5.75 Å². The van der Waals surface area contributed by atoms with Gasteiger partial charge in [-0.3, -0.25) is 0 Å². The Bertz CT molecular complexity index is 462. The van der Waals surface area contributed by atoms with Crippen LogP contribution >= 0.6 is 0 Å². The van der Waals surface area contributed by atoms with E-state index in [0.717, 1.165) is 16.8 Å². The number of anilines is 1. The largest absolute Gasteiger partial charge is 0.508 e. The van der Waals surface area contributed by atoms with Gasteiger partial charge in [0.2, 0.25) is 0 Å². The van der Waals surface area contributed by atoms with E-state index in [-0.39, 0.29) is 5.75 Å². The summed E-state index contributed by atoms with van der Waals surface area (Å²) in [6, 6.07) is 5.44.